The van der Waals surface area contributed by atoms with Gasteiger partial charge in [0, 0.05) is 18.7 Å². The second kappa shape index (κ2) is 8.16. The van der Waals surface area contributed by atoms with E-state index in [0.717, 1.165) is 24.3 Å². The Bertz CT molecular complexity index is 1020. The van der Waals surface area contributed by atoms with E-state index in [9.17, 15) is 4.79 Å². The summed E-state index contributed by atoms with van der Waals surface area (Å²) in [5, 5.41) is 8.58. The molecular formula is C21H23N5O2S. The Morgan fingerprint density at radius 1 is 1.14 bits per heavy atom. The number of nitrogen functional groups attached to an aromatic ring is 1. The highest BCUT2D eigenvalue weighted by Crippen LogP contribution is 2.28. The minimum atomic E-state index is -0.310. The molecule has 150 valence electrons. The number of aromatic nitrogens is 3. The van der Waals surface area contributed by atoms with Crippen LogP contribution in [0.15, 0.2) is 53.7 Å². The Hall–Kier alpha value is -3.00. The standard InChI is InChI=1S/C21H23N5O2S/c1-14(20(27)25-12-11-15-5-3-4-6-17(15)13-25)29-21-24-23-19(26(21)22)16-7-9-18(28-2)10-8-16/h3-10,14H,11-13,22H2,1-2H3/t14-/m1/s1. The van der Waals surface area contributed by atoms with Crippen molar-refractivity contribution in [3.05, 3.63) is 59.7 Å². The monoisotopic (exact) mass is 409 g/mol. The maximum atomic E-state index is 13.0. The van der Waals surface area contributed by atoms with Crippen molar-refractivity contribution >= 4 is 17.7 Å². The van der Waals surface area contributed by atoms with E-state index in [2.05, 4.69) is 22.3 Å². The number of nitrogens with two attached hydrogens (primary N) is 1. The van der Waals surface area contributed by atoms with Crippen LogP contribution in [0, 0.1) is 0 Å². The number of benzene rings is 2. The summed E-state index contributed by atoms with van der Waals surface area (Å²) in [5.74, 6) is 7.59. The summed E-state index contributed by atoms with van der Waals surface area (Å²) >= 11 is 1.32. The zero-order valence-corrected chi connectivity index (χ0v) is 17.2. The number of fused-ring (bicyclic) bond motifs is 1. The third-order valence-electron chi connectivity index (χ3n) is 5.09. The second-order valence-electron chi connectivity index (χ2n) is 6.94. The number of carbonyl (C=O) groups excluding carboxylic acids is 1. The van der Waals surface area contributed by atoms with Crippen molar-refractivity contribution in [3.63, 3.8) is 0 Å². The zero-order valence-electron chi connectivity index (χ0n) is 16.4. The van der Waals surface area contributed by atoms with Gasteiger partial charge in [-0.3, -0.25) is 4.79 Å². The minimum Gasteiger partial charge on any atom is -0.497 e. The maximum Gasteiger partial charge on any atom is 0.236 e. The van der Waals surface area contributed by atoms with Crippen LogP contribution < -0.4 is 10.6 Å². The van der Waals surface area contributed by atoms with Gasteiger partial charge in [-0.1, -0.05) is 36.0 Å². The number of nitrogens with zero attached hydrogens (tertiary/aromatic N) is 4. The van der Waals surface area contributed by atoms with Crippen molar-refractivity contribution in [2.45, 2.75) is 30.3 Å². The molecule has 1 aliphatic heterocycles. The molecular weight excluding hydrogens is 386 g/mol. The zero-order chi connectivity index (χ0) is 20.4. The van der Waals surface area contributed by atoms with E-state index in [1.807, 2.05) is 48.2 Å². The van der Waals surface area contributed by atoms with Crippen LogP contribution in [-0.2, 0) is 17.8 Å². The Morgan fingerprint density at radius 2 is 1.86 bits per heavy atom. The molecule has 2 heterocycles. The first-order valence-corrected chi connectivity index (χ1v) is 10.3. The first kappa shape index (κ1) is 19.3. The molecule has 3 aromatic rings. The lowest BCUT2D eigenvalue weighted by atomic mass is 10.00. The smallest absolute Gasteiger partial charge is 0.236 e. The van der Waals surface area contributed by atoms with Gasteiger partial charge in [-0.05, 0) is 48.7 Å². The van der Waals surface area contributed by atoms with Crippen LogP contribution in [0.3, 0.4) is 0 Å². The van der Waals surface area contributed by atoms with Crippen LogP contribution in [0.5, 0.6) is 5.75 Å². The molecule has 1 aliphatic rings. The molecule has 0 aliphatic carbocycles. The van der Waals surface area contributed by atoms with E-state index in [1.54, 1.807) is 7.11 Å². The highest BCUT2D eigenvalue weighted by molar-refractivity contribution is 8.00. The van der Waals surface area contributed by atoms with Crippen LogP contribution in [-0.4, -0.2) is 44.6 Å². The van der Waals surface area contributed by atoms with Gasteiger partial charge in [0.2, 0.25) is 11.1 Å². The number of ether oxygens (including phenoxy) is 1. The molecule has 4 rings (SSSR count). The molecule has 2 N–H and O–H groups in total. The Kier molecular flexibility index (Phi) is 5.44. The van der Waals surface area contributed by atoms with Gasteiger partial charge < -0.3 is 15.5 Å². The molecule has 29 heavy (non-hydrogen) atoms. The number of hydrogen-bond donors (Lipinski definition) is 1. The molecule has 1 amide bonds. The van der Waals surface area contributed by atoms with E-state index < -0.39 is 0 Å². The van der Waals surface area contributed by atoms with Gasteiger partial charge in [0.25, 0.3) is 0 Å². The Labute approximate surface area is 173 Å². The van der Waals surface area contributed by atoms with Crippen LogP contribution in [0.4, 0.5) is 0 Å². The van der Waals surface area contributed by atoms with Gasteiger partial charge in [0.1, 0.15) is 5.75 Å². The molecule has 0 fully saturated rings. The Balaban J connectivity index is 1.45. The average Bonchev–Trinajstić information content (AvgIpc) is 3.12. The number of carbonyl (C=O) groups is 1. The summed E-state index contributed by atoms with van der Waals surface area (Å²) in [7, 11) is 1.62. The number of thioether (sulfide) groups is 1. The average molecular weight is 410 g/mol. The fourth-order valence-corrected chi connectivity index (χ4v) is 4.30. The van der Waals surface area contributed by atoms with Crippen LogP contribution in [0.25, 0.3) is 11.4 Å². The molecule has 1 atom stereocenters. The summed E-state index contributed by atoms with van der Waals surface area (Å²) in [6.07, 6.45) is 0.883. The lowest BCUT2D eigenvalue weighted by Gasteiger charge is -2.30. The largest absolute Gasteiger partial charge is 0.497 e. The topological polar surface area (TPSA) is 86.3 Å². The number of methoxy groups -OCH3 is 1. The normalized spacial score (nSPS) is 14.3. The van der Waals surface area contributed by atoms with Gasteiger partial charge in [0.15, 0.2) is 5.82 Å². The molecule has 0 saturated carbocycles. The van der Waals surface area contributed by atoms with Crippen molar-refractivity contribution in [2.75, 3.05) is 19.5 Å². The molecule has 0 bridgehead atoms. The molecule has 0 spiro atoms. The predicted octanol–water partition coefficient (Wildman–Crippen LogP) is 2.73. The van der Waals surface area contributed by atoms with Gasteiger partial charge in [-0.15, -0.1) is 10.2 Å². The van der Waals surface area contributed by atoms with E-state index in [0.29, 0.717) is 17.5 Å². The van der Waals surface area contributed by atoms with E-state index in [-0.39, 0.29) is 11.2 Å². The highest BCUT2D eigenvalue weighted by Gasteiger charge is 2.27. The van der Waals surface area contributed by atoms with Crippen molar-refractivity contribution < 1.29 is 9.53 Å². The lowest BCUT2D eigenvalue weighted by molar-refractivity contribution is -0.131. The van der Waals surface area contributed by atoms with Crippen molar-refractivity contribution in [2.24, 2.45) is 0 Å². The summed E-state index contributed by atoms with van der Waals surface area (Å²) in [5.41, 5.74) is 3.37. The summed E-state index contributed by atoms with van der Waals surface area (Å²) in [6, 6.07) is 15.7. The second-order valence-corrected chi connectivity index (χ2v) is 8.25. The number of rotatable bonds is 5. The first-order valence-electron chi connectivity index (χ1n) is 9.44. The molecule has 8 heteroatoms. The van der Waals surface area contributed by atoms with E-state index >= 15 is 0 Å². The molecule has 0 saturated heterocycles. The number of hydrogen-bond acceptors (Lipinski definition) is 6. The third-order valence-corrected chi connectivity index (χ3v) is 6.13. The van der Waals surface area contributed by atoms with Crippen molar-refractivity contribution in [1.82, 2.24) is 19.8 Å². The van der Waals surface area contributed by atoms with Crippen molar-refractivity contribution in [3.8, 4) is 17.1 Å². The van der Waals surface area contributed by atoms with Crippen LogP contribution in [0.1, 0.15) is 18.1 Å². The molecule has 0 radical (unpaired) electrons. The predicted molar refractivity (Wildman–Crippen MR) is 113 cm³/mol. The van der Waals surface area contributed by atoms with Crippen LogP contribution >= 0.6 is 11.8 Å². The van der Waals surface area contributed by atoms with Gasteiger partial charge in [-0.2, -0.15) is 0 Å². The molecule has 1 aromatic heterocycles. The Morgan fingerprint density at radius 3 is 2.59 bits per heavy atom. The minimum absolute atomic E-state index is 0.0819. The maximum absolute atomic E-state index is 13.0. The van der Waals surface area contributed by atoms with Gasteiger partial charge in [0.05, 0.1) is 12.4 Å². The summed E-state index contributed by atoms with van der Waals surface area (Å²) in [6.45, 7) is 3.26. The lowest BCUT2D eigenvalue weighted by Crippen LogP contribution is -2.40. The first-order chi connectivity index (χ1) is 14.1. The van der Waals surface area contributed by atoms with Gasteiger partial charge >= 0.3 is 0 Å². The SMILES string of the molecule is COc1ccc(-c2nnc(S[C@H](C)C(=O)N3CCc4ccccc4C3)n2N)cc1. The van der Waals surface area contributed by atoms with E-state index in [1.165, 1.54) is 27.6 Å². The molecule has 7 nitrogen and oxygen atoms in total. The van der Waals surface area contributed by atoms with Crippen LogP contribution in [0.2, 0.25) is 0 Å². The quantitative estimate of drug-likeness (QED) is 0.515. The fraction of sp³-hybridized carbons (Fsp3) is 0.286. The summed E-state index contributed by atoms with van der Waals surface area (Å²) in [4.78, 5) is 14.9. The van der Waals surface area contributed by atoms with Gasteiger partial charge in [-0.25, -0.2) is 4.68 Å². The van der Waals surface area contributed by atoms with Crippen molar-refractivity contribution in [1.29, 1.82) is 0 Å². The van der Waals surface area contributed by atoms with E-state index in [4.69, 9.17) is 10.6 Å². The highest BCUT2D eigenvalue weighted by atomic mass is 32.2. The summed E-state index contributed by atoms with van der Waals surface area (Å²) < 4.78 is 6.61. The fourth-order valence-electron chi connectivity index (χ4n) is 3.44. The molecule has 2 aromatic carbocycles. The number of amides is 1. The third kappa shape index (κ3) is 3.93. The molecule has 0 unspecified atom stereocenters.